The molecule has 0 amide bonds. The molecule has 0 aliphatic heterocycles. The molecule has 0 unspecified atom stereocenters. The summed E-state index contributed by atoms with van der Waals surface area (Å²) in [6, 6.07) is 30.4. The van der Waals surface area contributed by atoms with Crippen LogP contribution >= 0.6 is 11.8 Å². The summed E-state index contributed by atoms with van der Waals surface area (Å²) in [5.74, 6) is 24.8. The van der Waals surface area contributed by atoms with E-state index in [-0.39, 0.29) is 0 Å². The molecular formula is C46H39NO2S. The Labute approximate surface area is 301 Å². The Bertz CT molecular complexity index is 2130. The van der Waals surface area contributed by atoms with Gasteiger partial charge in [-0.25, -0.2) is 0 Å². The van der Waals surface area contributed by atoms with Gasteiger partial charge in [0.2, 0.25) is 0 Å². The number of thioether (sulfide) groups is 1. The molecule has 4 aromatic carbocycles. The van der Waals surface area contributed by atoms with Crippen LogP contribution in [0.1, 0.15) is 76.8 Å². The highest BCUT2D eigenvalue weighted by Crippen LogP contribution is 2.29. The monoisotopic (exact) mass is 669 g/mol. The third kappa shape index (κ3) is 10.6. The first-order chi connectivity index (χ1) is 24.5. The number of terminal acetylenes is 1. The largest absolute Gasteiger partial charge is 0.492 e. The number of nitrogens with zero attached hydrogens (tertiary/aromatic N) is 1. The number of hydrogen-bond acceptors (Lipinski definition) is 4. The third-order valence-corrected chi connectivity index (χ3v) is 8.58. The molecule has 0 saturated heterocycles. The Morgan fingerprint density at radius 3 is 1.72 bits per heavy atom. The van der Waals surface area contributed by atoms with Crippen molar-refractivity contribution in [3.8, 4) is 59.4 Å². The lowest BCUT2D eigenvalue weighted by Crippen LogP contribution is -2.02. The zero-order chi connectivity index (χ0) is 35.0. The highest BCUT2D eigenvalue weighted by atomic mass is 32.2. The van der Waals surface area contributed by atoms with Gasteiger partial charge in [0.1, 0.15) is 11.5 Å². The second-order valence-corrected chi connectivity index (χ2v) is 12.7. The van der Waals surface area contributed by atoms with Crippen molar-refractivity contribution >= 4 is 11.8 Å². The Morgan fingerprint density at radius 1 is 0.600 bits per heavy atom. The molecule has 1 aromatic heterocycles. The topological polar surface area (TPSA) is 31.4 Å². The lowest BCUT2D eigenvalue weighted by atomic mass is 10.0. The molecule has 0 aliphatic carbocycles. The lowest BCUT2D eigenvalue weighted by molar-refractivity contribution is 0.307. The van der Waals surface area contributed by atoms with Crippen molar-refractivity contribution in [3.05, 3.63) is 153 Å². The van der Waals surface area contributed by atoms with Crippen molar-refractivity contribution in [2.75, 3.05) is 19.0 Å². The van der Waals surface area contributed by atoms with Crippen molar-refractivity contribution < 1.29 is 9.47 Å². The van der Waals surface area contributed by atoms with E-state index < -0.39 is 0 Å². The van der Waals surface area contributed by atoms with E-state index in [0.717, 1.165) is 64.0 Å². The maximum absolute atomic E-state index is 5.96. The molecule has 0 bridgehead atoms. The van der Waals surface area contributed by atoms with Crippen LogP contribution in [0.25, 0.3) is 0 Å². The summed E-state index contributed by atoms with van der Waals surface area (Å²) >= 11 is 1.85. The molecule has 5 rings (SSSR count). The fraction of sp³-hybridized carbons (Fsp3) is 0.196. The minimum Gasteiger partial charge on any atom is -0.492 e. The second kappa shape index (κ2) is 18.7. The van der Waals surface area contributed by atoms with Crippen molar-refractivity contribution in [1.29, 1.82) is 0 Å². The van der Waals surface area contributed by atoms with E-state index in [1.165, 1.54) is 10.5 Å². The van der Waals surface area contributed by atoms with Crippen LogP contribution in [0, 0.1) is 54.8 Å². The summed E-state index contributed by atoms with van der Waals surface area (Å²) in [4.78, 5) is 5.33. The molecule has 0 atom stereocenters. The van der Waals surface area contributed by atoms with Crippen LogP contribution in [0.5, 0.6) is 11.5 Å². The van der Waals surface area contributed by atoms with Crippen LogP contribution < -0.4 is 9.47 Å². The zero-order valence-electron chi connectivity index (χ0n) is 28.8. The molecule has 1 heterocycles. The summed E-state index contributed by atoms with van der Waals surface area (Å²) in [5, 5.41) is 0. The van der Waals surface area contributed by atoms with Gasteiger partial charge in [0.05, 0.1) is 24.3 Å². The molecule has 246 valence electrons. The fourth-order valence-corrected chi connectivity index (χ4v) is 5.75. The van der Waals surface area contributed by atoms with Gasteiger partial charge in [-0.3, -0.25) is 4.98 Å². The van der Waals surface area contributed by atoms with E-state index in [9.17, 15) is 0 Å². The van der Waals surface area contributed by atoms with Gasteiger partial charge in [-0.15, -0.1) is 18.2 Å². The van der Waals surface area contributed by atoms with E-state index in [0.29, 0.717) is 30.3 Å². The van der Waals surface area contributed by atoms with Gasteiger partial charge in [-0.1, -0.05) is 55.3 Å². The van der Waals surface area contributed by atoms with Crippen molar-refractivity contribution in [1.82, 2.24) is 4.98 Å². The summed E-state index contributed by atoms with van der Waals surface area (Å²) in [6.45, 7) is 7.36. The first kappa shape index (κ1) is 35.5. The number of ether oxygens (including phenoxy) is 2. The van der Waals surface area contributed by atoms with E-state index in [2.05, 4.69) is 110 Å². The molecule has 3 nitrogen and oxygen atoms in total. The maximum atomic E-state index is 5.96. The van der Waals surface area contributed by atoms with Crippen molar-refractivity contribution in [2.45, 2.75) is 44.9 Å². The summed E-state index contributed by atoms with van der Waals surface area (Å²) < 4.78 is 11.9. The van der Waals surface area contributed by atoms with Gasteiger partial charge in [0, 0.05) is 63.0 Å². The van der Waals surface area contributed by atoms with E-state index in [4.69, 9.17) is 15.9 Å². The average molecular weight is 670 g/mol. The SMILES string of the molecule is C#Cc1cc(OCCC)c(C#Cc2ccc(C#Cc3ccc(C#Cc4ccc(SCCc5ccncc5)cc4)cc3C)cc2)cc1OCCC. The van der Waals surface area contributed by atoms with Gasteiger partial charge in [0.15, 0.2) is 0 Å². The molecule has 0 spiro atoms. The Kier molecular flexibility index (Phi) is 13.3. The van der Waals surface area contributed by atoms with Gasteiger partial charge >= 0.3 is 0 Å². The fourth-order valence-electron chi connectivity index (χ4n) is 4.85. The van der Waals surface area contributed by atoms with Gasteiger partial charge in [0.25, 0.3) is 0 Å². The summed E-state index contributed by atoms with van der Waals surface area (Å²) in [5.41, 5.74) is 8.54. The Hall–Kier alpha value is -5.78. The van der Waals surface area contributed by atoms with Crippen LogP contribution in [0.3, 0.4) is 0 Å². The van der Waals surface area contributed by atoms with Crippen molar-refractivity contribution in [3.63, 3.8) is 0 Å². The summed E-state index contributed by atoms with van der Waals surface area (Å²) in [7, 11) is 0. The van der Waals surface area contributed by atoms with E-state index in [1.54, 1.807) is 0 Å². The van der Waals surface area contributed by atoms with Gasteiger partial charge in [-0.05, 0) is 116 Å². The number of pyridine rings is 1. The third-order valence-electron chi connectivity index (χ3n) is 7.57. The van der Waals surface area contributed by atoms with Crippen molar-refractivity contribution in [2.24, 2.45) is 0 Å². The lowest BCUT2D eigenvalue weighted by Gasteiger charge is -2.12. The molecule has 4 heteroatoms. The van der Waals surface area contributed by atoms with Crippen LogP contribution in [0.2, 0.25) is 0 Å². The molecule has 0 aliphatic rings. The molecule has 0 radical (unpaired) electrons. The smallest absolute Gasteiger partial charge is 0.136 e. The Morgan fingerprint density at radius 2 is 1.12 bits per heavy atom. The predicted octanol–water partition coefficient (Wildman–Crippen LogP) is 9.48. The standard InChI is InChI=1S/C46H39NO2S/c1-5-29-48-45-34-43(46(49-30-6-2)33-41(45)7-3)21-15-37-10-8-36(9-11-37)14-19-42-20-16-40(32-35(42)4)13-12-38-17-22-44(23-18-38)50-31-26-39-24-27-47-28-25-39/h3,8-11,16-18,20,22-25,27-28,32-34H,5-6,26,29-31H2,1-2,4H3. The minimum atomic E-state index is 0.583. The highest BCUT2D eigenvalue weighted by Gasteiger charge is 2.10. The molecule has 50 heavy (non-hydrogen) atoms. The normalized spacial score (nSPS) is 9.96. The highest BCUT2D eigenvalue weighted by molar-refractivity contribution is 7.99. The van der Waals surface area contributed by atoms with Crippen LogP contribution in [0.4, 0.5) is 0 Å². The van der Waals surface area contributed by atoms with Crippen LogP contribution in [0.15, 0.2) is 108 Å². The number of benzene rings is 4. The van der Waals surface area contributed by atoms with Crippen LogP contribution in [-0.2, 0) is 6.42 Å². The molecule has 0 saturated carbocycles. The van der Waals surface area contributed by atoms with E-state index in [1.807, 2.05) is 72.7 Å². The first-order valence-electron chi connectivity index (χ1n) is 16.8. The Balaban J connectivity index is 1.21. The quantitative estimate of drug-likeness (QED) is 0.110. The number of hydrogen-bond donors (Lipinski definition) is 0. The predicted molar refractivity (Wildman–Crippen MR) is 207 cm³/mol. The molecule has 0 fully saturated rings. The number of aryl methyl sites for hydroxylation is 2. The average Bonchev–Trinajstić information content (AvgIpc) is 3.15. The zero-order valence-corrected chi connectivity index (χ0v) is 29.6. The number of rotatable bonds is 10. The molecule has 5 aromatic rings. The van der Waals surface area contributed by atoms with Gasteiger partial charge in [-0.2, -0.15) is 0 Å². The van der Waals surface area contributed by atoms with E-state index >= 15 is 0 Å². The van der Waals surface area contributed by atoms with Gasteiger partial charge < -0.3 is 9.47 Å². The summed E-state index contributed by atoms with van der Waals surface area (Å²) in [6.07, 6.45) is 12.2. The second-order valence-electron chi connectivity index (χ2n) is 11.5. The van der Waals surface area contributed by atoms with Crippen LogP contribution in [-0.4, -0.2) is 24.0 Å². The number of aromatic nitrogens is 1. The molecule has 0 N–H and O–H groups in total. The maximum Gasteiger partial charge on any atom is 0.136 e. The molecular weight excluding hydrogens is 631 g/mol. The first-order valence-corrected chi connectivity index (χ1v) is 17.8. The minimum absolute atomic E-state index is 0.583.